The van der Waals surface area contributed by atoms with E-state index in [9.17, 15) is 19.5 Å². The molecule has 3 aliphatic carbocycles. The molecule has 25 heavy (non-hydrogen) atoms. The van der Waals surface area contributed by atoms with E-state index in [2.05, 4.69) is 0 Å². The molecule has 3 rings (SSSR count). The predicted octanol–water partition coefficient (Wildman–Crippen LogP) is 2.23. The molecule has 0 aromatic rings. The number of ether oxygens (including phenoxy) is 1. The Balaban J connectivity index is 2.11. The molecule has 2 fully saturated rings. The molecule has 136 valence electrons. The fourth-order valence-electron chi connectivity index (χ4n) is 5.81. The third-order valence-corrected chi connectivity index (χ3v) is 7.03. The van der Waals surface area contributed by atoms with Crippen molar-refractivity contribution in [2.75, 3.05) is 0 Å². The largest absolute Gasteiger partial charge is 0.454 e. The quantitative estimate of drug-likeness (QED) is 0.480. The molecule has 2 saturated carbocycles. The molecule has 0 aliphatic heterocycles. The highest BCUT2D eigenvalue weighted by Crippen LogP contribution is 2.71. The first kappa shape index (κ1) is 18.1. The Kier molecular flexibility index (Phi) is 4.26. The van der Waals surface area contributed by atoms with Crippen LogP contribution < -0.4 is 0 Å². The zero-order valence-electron chi connectivity index (χ0n) is 15.2. The molecule has 1 unspecified atom stereocenters. The van der Waals surface area contributed by atoms with E-state index < -0.39 is 23.6 Å². The highest BCUT2D eigenvalue weighted by atomic mass is 16.5. The maximum Gasteiger partial charge on any atom is 0.333 e. The number of hydrogen-bond donors (Lipinski definition) is 1. The van der Waals surface area contributed by atoms with Gasteiger partial charge in [-0.15, -0.1) is 0 Å². The summed E-state index contributed by atoms with van der Waals surface area (Å²) in [6.45, 7) is 7.52. The molecule has 3 aliphatic rings. The summed E-state index contributed by atoms with van der Waals surface area (Å²) in [5.74, 6) is -1.14. The lowest BCUT2D eigenvalue weighted by atomic mass is 9.64. The van der Waals surface area contributed by atoms with Crippen molar-refractivity contribution < 1.29 is 24.2 Å². The molecule has 5 heteroatoms. The smallest absolute Gasteiger partial charge is 0.333 e. The molecule has 0 saturated heterocycles. The summed E-state index contributed by atoms with van der Waals surface area (Å²) in [6, 6.07) is 0. The van der Waals surface area contributed by atoms with Gasteiger partial charge >= 0.3 is 5.97 Å². The van der Waals surface area contributed by atoms with Crippen molar-refractivity contribution in [2.45, 2.75) is 52.7 Å². The van der Waals surface area contributed by atoms with Crippen LogP contribution in [0, 0.1) is 28.6 Å². The van der Waals surface area contributed by atoms with Crippen LogP contribution in [-0.2, 0) is 19.1 Å². The molecule has 0 heterocycles. The number of esters is 1. The van der Waals surface area contributed by atoms with Crippen molar-refractivity contribution in [1.82, 2.24) is 0 Å². The average molecular weight is 346 g/mol. The molecule has 0 aromatic heterocycles. The summed E-state index contributed by atoms with van der Waals surface area (Å²) in [6.07, 6.45) is 4.88. The number of hydrogen-bond acceptors (Lipinski definition) is 5. The second-order valence-electron chi connectivity index (χ2n) is 8.18. The molecule has 1 spiro atoms. The van der Waals surface area contributed by atoms with Gasteiger partial charge in [-0.25, -0.2) is 4.79 Å². The van der Waals surface area contributed by atoms with Crippen LogP contribution in [-0.4, -0.2) is 35.9 Å². The van der Waals surface area contributed by atoms with Gasteiger partial charge in [0, 0.05) is 28.4 Å². The topological polar surface area (TPSA) is 80.7 Å². The SMILES string of the molecule is C/C=C(/C)C(=O)O[C@H]1C=C(C=O)C23[C@H](CC[C@@H]2C=O)C(C)(C)[C@@H]1[C@@H]3O. The molecule has 1 N–H and O–H groups in total. The standard InChI is InChI=1S/C20H26O5/c1-5-11(2)18(24)25-14-8-13(10-22)20-12(9-21)6-7-15(20)19(3,4)16(14)17(20)23/h5,8-10,12,14-17,23H,6-7H2,1-4H3/b11-5-/t12-,14+,15-,16+,17+,20?/m1/s1. The Morgan fingerprint density at radius 3 is 2.56 bits per heavy atom. The summed E-state index contributed by atoms with van der Waals surface area (Å²) in [5, 5.41) is 11.2. The van der Waals surface area contributed by atoms with Gasteiger partial charge in [0.2, 0.25) is 0 Å². The number of aliphatic hydroxyl groups is 1. The van der Waals surface area contributed by atoms with Gasteiger partial charge in [-0.1, -0.05) is 19.9 Å². The summed E-state index contributed by atoms with van der Waals surface area (Å²) in [4.78, 5) is 35.8. The van der Waals surface area contributed by atoms with E-state index in [0.29, 0.717) is 17.6 Å². The number of rotatable bonds is 4. The first-order valence-corrected chi connectivity index (χ1v) is 8.91. The van der Waals surface area contributed by atoms with Gasteiger partial charge in [0.25, 0.3) is 0 Å². The third kappa shape index (κ3) is 2.14. The maximum atomic E-state index is 12.2. The van der Waals surface area contributed by atoms with Gasteiger partial charge in [0.1, 0.15) is 18.7 Å². The van der Waals surface area contributed by atoms with Crippen LogP contribution in [0.25, 0.3) is 0 Å². The Hall–Kier alpha value is -1.75. The lowest BCUT2D eigenvalue weighted by Gasteiger charge is -2.42. The summed E-state index contributed by atoms with van der Waals surface area (Å²) in [7, 11) is 0. The normalized spacial score (nSPS) is 41.7. The molecular formula is C20H26O5. The molecule has 0 aromatic carbocycles. The van der Waals surface area contributed by atoms with E-state index in [0.717, 1.165) is 19.0 Å². The average Bonchev–Trinajstić information content (AvgIpc) is 3.02. The molecule has 6 atom stereocenters. The number of carbonyl (C=O) groups excluding carboxylic acids is 3. The van der Waals surface area contributed by atoms with Crippen molar-refractivity contribution in [2.24, 2.45) is 28.6 Å². The van der Waals surface area contributed by atoms with Crippen LogP contribution in [0.15, 0.2) is 23.3 Å². The fraction of sp³-hybridized carbons (Fsp3) is 0.650. The number of fused-ring (bicyclic) bond motifs is 1. The van der Waals surface area contributed by atoms with Gasteiger partial charge in [-0.05, 0) is 44.1 Å². The van der Waals surface area contributed by atoms with Crippen LogP contribution >= 0.6 is 0 Å². The monoisotopic (exact) mass is 346 g/mol. The van der Waals surface area contributed by atoms with Gasteiger partial charge in [-0.3, -0.25) is 4.79 Å². The van der Waals surface area contributed by atoms with Crippen molar-refractivity contribution in [3.05, 3.63) is 23.3 Å². The summed E-state index contributed by atoms with van der Waals surface area (Å²) >= 11 is 0. The lowest BCUT2D eigenvalue weighted by molar-refractivity contribution is -0.150. The zero-order valence-corrected chi connectivity index (χ0v) is 15.2. The second-order valence-corrected chi connectivity index (χ2v) is 8.18. The highest BCUT2D eigenvalue weighted by Gasteiger charge is 2.73. The zero-order chi connectivity index (χ0) is 18.6. The van der Waals surface area contributed by atoms with Gasteiger partial charge in [-0.2, -0.15) is 0 Å². The number of aliphatic hydroxyl groups excluding tert-OH is 1. The Morgan fingerprint density at radius 2 is 2.00 bits per heavy atom. The Labute approximate surface area is 148 Å². The van der Waals surface area contributed by atoms with Crippen LogP contribution in [0.2, 0.25) is 0 Å². The minimum Gasteiger partial charge on any atom is -0.454 e. The van der Waals surface area contributed by atoms with E-state index in [-0.39, 0.29) is 23.2 Å². The molecule has 0 amide bonds. The number of allylic oxidation sites excluding steroid dienone is 1. The van der Waals surface area contributed by atoms with Crippen molar-refractivity contribution in [3.8, 4) is 0 Å². The Bertz CT molecular complexity index is 674. The van der Waals surface area contributed by atoms with Crippen molar-refractivity contribution in [1.29, 1.82) is 0 Å². The maximum absolute atomic E-state index is 12.2. The number of carbonyl (C=O) groups is 3. The second kappa shape index (κ2) is 5.90. The van der Waals surface area contributed by atoms with Crippen LogP contribution in [0.3, 0.4) is 0 Å². The first-order valence-electron chi connectivity index (χ1n) is 8.91. The molecule has 2 bridgehead atoms. The lowest BCUT2D eigenvalue weighted by Crippen LogP contribution is -2.49. The van der Waals surface area contributed by atoms with Crippen molar-refractivity contribution >= 4 is 18.5 Å². The highest BCUT2D eigenvalue weighted by molar-refractivity contribution is 5.88. The van der Waals surface area contributed by atoms with E-state index in [1.165, 1.54) is 0 Å². The van der Waals surface area contributed by atoms with Gasteiger partial charge in [0.05, 0.1) is 6.10 Å². The molecule has 5 nitrogen and oxygen atoms in total. The number of aldehydes is 2. The Morgan fingerprint density at radius 1 is 1.32 bits per heavy atom. The summed E-state index contributed by atoms with van der Waals surface area (Å²) in [5.41, 5.74) is -0.293. The first-order chi connectivity index (χ1) is 11.8. The summed E-state index contributed by atoms with van der Waals surface area (Å²) < 4.78 is 5.65. The molecule has 0 radical (unpaired) electrons. The van der Waals surface area contributed by atoms with Crippen LogP contribution in [0.4, 0.5) is 0 Å². The minimum atomic E-state index is -0.876. The minimum absolute atomic E-state index is 0.0122. The molecular weight excluding hydrogens is 320 g/mol. The van der Waals surface area contributed by atoms with Gasteiger partial charge < -0.3 is 14.6 Å². The predicted molar refractivity (Wildman–Crippen MR) is 91.4 cm³/mol. The third-order valence-electron chi connectivity index (χ3n) is 7.03. The van der Waals surface area contributed by atoms with Crippen LogP contribution in [0.1, 0.15) is 40.5 Å². The van der Waals surface area contributed by atoms with Crippen LogP contribution in [0.5, 0.6) is 0 Å². The fourth-order valence-corrected chi connectivity index (χ4v) is 5.81. The van der Waals surface area contributed by atoms with E-state index in [1.807, 2.05) is 13.8 Å². The van der Waals surface area contributed by atoms with Gasteiger partial charge in [0.15, 0.2) is 0 Å². The van der Waals surface area contributed by atoms with Crippen molar-refractivity contribution in [3.63, 3.8) is 0 Å². The van der Waals surface area contributed by atoms with E-state index >= 15 is 0 Å². The van der Waals surface area contributed by atoms with E-state index in [4.69, 9.17) is 4.74 Å². The van der Waals surface area contributed by atoms with E-state index in [1.54, 1.807) is 26.0 Å².